The van der Waals surface area contributed by atoms with Gasteiger partial charge in [-0.1, -0.05) is 42.5 Å². The van der Waals surface area contributed by atoms with Crippen molar-refractivity contribution < 1.29 is 14.3 Å². The Morgan fingerprint density at radius 3 is 1.86 bits per heavy atom. The number of carbonyl (C=O) groups is 2. The van der Waals surface area contributed by atoms with E-state index in [1.165, 1.54) is 0 Å². The minimum Gasteiger partial charge on any atom is -0.457 e. The first-order valence-electron chi connectivity index (χ1n) is 9.76. The van der Waals surface area contributed by atoms with Gasteiger partial charge in [-0.25, -0.2) is 0 Å². The van der Waals surface area contributed by atoms with Crippen LogP contribution < -0.4 is 15.4 Å². The van der Waals surface area contributed by atoms with Gasteiger partial charge in [0, 0.05) is 28.4 Å². The number of fused-ring (bicyclic) bond motifs is 2. The van der Waals surface area contributed by atoms with Crippen LogP contribution in [0.4, 0.5) is 11.4 Å². The fourth-order valence-electron chi connectivity index (χ4n) is 3.67. The Labute approximate surface area is 168 Å². The molecular weight excluding hydrogens is 364 g/mol. The maximum Gasteiger partial charge on any atom is 0.236 e. The van der Waals surface area contributed by atoms with Gasteiger partial charge in [0.05, 0.1) is 5.92 Å². The average Bonchev–Trinajstić information content (AvgIpc) is 3.57. The minimum atomic E-state index is -0.471. The van der Waals surface area contributed by atoms with Crippen molar-refractivity contribution in [3.63, 3.8) is 0 Å². The van der Waals surface area contributed by atoms with Gasteiger partial charge in [-0.05, 0) is 43.2 Å². The summed E-state index contributed by atoms with van der Waals surface area (Å²) < 4.78 is 5.97. The van der Waals surface area contributed by atoms with E-state index >= 15 is 0 Å². The fourth-order valence-corrected chi connectivity index (χ4v) is 3.67. The number of ether oxygens (including phenoxy) is 1. The Morgan fingerprint density at radius 1 is 0.724 bits per heavy atom. The van der Waals surface area contributed by atoms with Crippen LogP contribution in [0.15, 0.2) is 72.8 Å². The maximum absolute atomic E-state index is 13.3. The van der Waals surface area contributed by atoms with Crippen LogP contribution in [0.2, 0.25) is 0 Å². The lowest BCUT2D eigenvalue weighted by atomic mass is 9.87. The predicted octanol–water partition coefficient (Wildman–Crippen LogP) is 4.91. The van der Waals surface area contributed by atoms with Crippen molar-refractivity contribution in [1.82, 2.24) is 0 Å². The number of nitrogens with one attached hydrogen (secondary N) is 2. The van der Waals surface area contributed by atoms with Crippen LogP contribution in [0, 0.1) is 5.92 Å². The van der Waals surface area contributed by atoms with Crippen molar-refractivity contribution >= 4 is 23.2 Å². The molecule has 2 amide bonds. The first kappa shape index (κ1) is 17.5. The highest BCUT2D eigenvalue weighted by Crippen LogP contribution is 2.44. The van der Waals surface area contributed by atoms with E-state index in [-0.39, 0.29) is 17.7 Å². The van der Waals surface area contributed by atoms with Gasteiger partial charge in [0.1, 0.15) is 11.5 Å². The molecule has 2 aliphatic rings. The van der Waals surface area contributed by atoms with Crippen molar-refractivity contribution in [3.05, 3.63) is 83.9 Å². The molecular formula is C24H20N2O3. The lowest BCUT2D eigenvalue weighted by Gasteiger charge is -2.27. The number of hydrogen-bond donors (Lipinski definition) is 2. The second kappa shape index (κ2) is 7.09. The van der Waals surface area contributed by atoms with Gasteiger partial charge in [0.15, 0.2) is 0 Å². The quantitative estimate of drug-likeness (QED) is 0.671. The van der Waals surface area contributed by atoms with E-state index in [1.807, 2.05) is 66.7 Å². The third-order valence-corrected chi connectivity index (χ3v) is 5.29. The molecule has 0 unspecified atom stereocenters. The lowest BCUT2D eigenvalue weighted by molar-refractivity contribution is -0.117. The van der Waals surface area contributed by atoms with Crippen molar-refractivity contribution in [3.8, 4) is 11.5 Å². The molecule has 5 heteroatoms. The van der Waals surface area contributed by atoms with Crippen LogP contribution in [0.1, 0.15) is 29.9 Å². The second-order valence-electron chi connectivity index (χ2n) is 7.44. The number of rotatable bonds is 4. The van der Waals surface area contributed by atoms with Crippen molar-refractivity contribution in [2.75, 3.05) is 10.6 Å². The molecule has 29 heavy (non-hydrogen) atoms. The summed E-state index contributed by atoms with van der Waals surface area (Å²) in [4.78, 5) is 25.3. The molecule has 3 aromatic carbocycles. The molecule has 144 valence electrons. The number of amides is 2. The molecule has 5 nitrogen and oxygen atoms in total. The summed E-state index contributed by atoms with van der Waals surface area (Å²) in [6, 6.07) is 22.5. The first-order chi connectivity index (χ1) is 14.2. The van der Waals surface area contributed by atoms with Crippen LogP contribution in [0.5, 0.6) is 11.5 Å². The van der Waals surface area contributed by atoms with Gasteiger partial charge >= 0.3 is 0 Å². The van der Waals surface area contributed by atoms with Crippen LogP contribution in [-0.2, 0) is 9.59 Å². The Bertz CT molecular complexity index is 1060. The van der Waals surface area contributed by atoms with Crippen LogP contribution >= 0.6 is 0 Å². The van der Waals surface area contributed by atoms with Gasteiger partial charge in [0.25, 0.3) is 0 Å². The average molecular weight is 384 g/mol. The van der Waals surface area contributed by atoms with E-state index < -0.39 is 5.92 Å². The Kier molecular flexibility index (Phi) is 4.28. The SMILES string of the molecule is O=C(Nc1cccc(NC(=O)C2c3ccccc3Oc3ccccc32)c1)C1CC1. The first-order valence-corrected chi connectivity index (χ1v) is 9.76. The molecule has 1 fully saturated rings. The van der Waals surface area contributed by atoms with Crippen LogP contribution in [0.3, 0.4) is 0 Å². The minimum absolute atomic E-state index is 0.0424. The van der Waals surface area contributed by atoms with E-state index in [9.17, 15) is 9.59 Å². The summed E-state index contributed by atoms with van der Waals surface area (Å²) in [5, 5.41) is 5.92. The Hall–Kier alpha value is -3.60. The van der Waals surface area contributed by atoms with E-state index in [2.05, 4.69) is 10.6 Å². The van der Waals surface area contributed by atoms with Gasteiger partial charge in [0.2, 0.25) is 11.8 Å². The zero-order valence-electron chi connectivity index (χ0n) is 15.7. The van der Waals surface area contributed by atoms with Gasteiger partial charge in [-0.3, -0.25) is 9.59 Å². The number of hydrogen-bond acceptors (Lipinski definition) is 3. The predicted molar refractivity (Wildman–Crippen MR) is 111 cm³/mol. The maximum atomic E-state index is 13.3. The second-order valence-corrected chi connectivity index (χ2v) is 7.44. The highest BCUT2D eigenvalue weighted by atomic mass is 16.5. The topological polar surface area (TPSA) is 67.4 Å². The van der Waals surface area contributed by atoms with E-state index in [0.29, 0.717) is 22.9 Å². The van der Waals surface area contributed by atoms with E-state index in [0.717, 1.165) is 24.0 Å². The smallest absolute Gasteiger partial charge is 0.236 e. The number of anilines is 2. The van der Waals surface area contributed by atoms with Crippen LogP contribution in [0.25, 0.3) is 0 Å². The summed E-state index contributed by atoms with van der Waals surface area (Å²) in [6.07, 6.45) is 1.90. The molecule has 2 N–H and O–H groups in total. The van der Waals surface area contributed by atoms with Gasteiger partial charge in [-0.2, -0.15) is 0 Å². The molecule has 1 aliphatic carbocycles. The largest absolute Gasteiger partial charge is 0.457 e. The standard InChI is InChI=1S/C24H20N2O3/c27-23(15-12-13-15)25-16-6-5-7-17(14-16)26-24(28)22-18-8-1-3-10-20(18)29-21-11-4-2-9-19(21)22/h1-11,14-15,22H,12-13H2,(H,25,27)(H,26,28). The third-order valence-electron chi connectivity index (χ3n) is 5.29. The highest BCUT2D eigenvalue weighted by molar-refractivity contribution is 6.00. The van der Waals surface area contributed by atoms with Gasteiger partial charge < -0.3 is 15.4 Å². The molecule has 0 spiro atoms. The molecule has 0 radical (unpaired) electrons. The molecule has 3 aromatic rings. The van der Waals surface area contributed by atoms with E-state index in [1.54, 1.807) is 6.07 Å². The molecule has 1 aliphatic heterocycles. The number of benzene rings is 3. The molecule has 1 heterocycles. The van der Waals surface area contributed by atoms with Crippen molar-refractivity contribution in [2.45, 2.75) is 18.8 Å². The molecule has 0 atom stereocenters. The zero-order chi connectivity index (χ0) is 19.8. The summed E-state index contributed by atoms with van der Waals surface area (Å²) >= 11 is 0. The van der Waals surface area contributed by atoms with Gasteiger partial charge in [-0.15, -0.1) is 0 Å². The number of carbonyl (C=O) groups excluding carboxylic acids is 2. The normalized spacial score (nSPS) is 14.9. The molecule has 0 saturated heterocycles. The van der Waals surface area contributed by atoms with Crippen molar-refractivity contribution in [1.29, 1.82) is 0 Å². The zero-order valence-corrected chi connectivity index (χ0v) is 15.7. The molecule has 0 bridgehead atoms. The molecule has 1 saturated carbocycles. The summed E-state index contributed by atoms with van der Waals surface area (Å²) in [5.74, 6) is 0.942. The Balaban J connectivity index is 1.42. The van der Waals surface area contributed by atoms with E-state index in [4.69, 9.17) is 4.74 Å². The third kappa shape index (κ3) is 3.47. The van der Waals surface area contributed by atoms with Crippen LogP contribution in [-0.4, -0.2) is 11.8 Å². The summed E-state index contributed by atoms with van der Waals surface area (Å²) in [6.45, 7) is 0. The monoisotopic (exact) mass is 384 g/mol. The highest BCUT2D eigenvalue weighted by Gasteiger charge is 2.32. The van der Waals surface area contributed by atoms with Crippen molar-refractivity contribution in [2.24, 2.45) is 5.92 Å². The summed E-state index contributed by atoms with van der Waals surface area (Å²) in [5.41, 5.74) is 3.00. The lowest BCUT2D eigenvalue weighted by Crippen LogP contribution is -2.25. The fraction of sp³-hybridized carbons (Fsp3) is 0.167. The number of para-hydroxylation sites is 2. The Morgan fingerprint density at radius 2 is 1.28 bits per heavy atom. The summed E-state index contributed by atoms with van der Waals surface area (Å²) in [7, 11) is 0. The molecule has 5 rings (SSSR count). The molecule has 0 aromatic heterocycles.